The molecule has 0 spiro atoms. The molecule has 2 nitrogen and oxygen atoms in total. The molecule has 0 aromatic heterocycles. The lowest BCUT2D eigenvalue weighted by atomic mass is 9.90. The summed E-state index contributed by atoms with van der Waals surface area (Å²) in [5, 5.41) is 12.5. The monoisotopic (exact) mass is 492 g/mol. The van der Waals surface area contributed by atoms with Crippen LogP contribution in [-0.2, 0) is 13.1 Å². The average Bonchev–Trinajstić information content (AvgIpc) is 2.96. The second-order valence-electron chi connectivity index (χ2n) is 10.1. The maximum Gasteiger partial charge on any atom is 0.0430 e. The molecule has 0 amide bonds. The highest BCUT2D eigenvalue weighted by Crippen LogP contribution is 2.43. The van der Waals surface area contributed by atoms with Gasteiger partial charge in [-0.05, 0) is 58.7 Å². The van der Waals surface area contributed by atoms with Gasteiger partial charge in [-0.15, -0.1) is 0 Å². The summed E-state index contributed by atoms with van der Waals surface area (Å²) in [6.45, 7) is 5.79. The number of hydrogen-bond donors (Lipinski definition) is 2. The summed E-state index contributed by atoms with van der Waals surface area (Å²) in [6.07, 6.45) is 0. The lowest BCUT2D eigenvalue weighted by Crippen LogP contribution is -2.05. The highest BCUT2D eigenvalue weighted by atomic mass is 14.9. The van der Waals surface area contributed by atoms with E-state index in [1.807, 2.05) is 0 Å². The maximum atomic E-state index is 3.78. The SMILES string of the molecule is Cc1ccc(CNc2ccc3ccccc3c2-c2c(NCc3ccc(C)cc3)ccc3ccccc23)cc1. The van der Waals surface area contributed by atoms with Crippen molar-refractivity contribution in [1.29, 1.82) is 0 Å². The minimum Gasteiger partial charge on any atom is -0.380 e. The largest absolute Gasteiger partial charge is 0.380 e. The predicted octanol–water partition coefficient (Wildman–Crippen LogP) is 9.50. The molecule has 2 N–H and O–H groups in total. The zero-order valence-corrected chi connectivity index (χ0v) is 22.0. The molecule has 0 aliphatic heterocycles. The summed E-state index contributed by atoms with van der Waals surface area (Å²) in [5.74, 6) is 0. The molecule has 186 valence electrons. The Kier molecular flexibility index (Phi) is 6.54. The number of nitrogens with one attached hydrogen (secondary N) is 2. The second-order valence-corrected chi connectivity index (χ2v) is 10.1. The van der Waals surface area contributed by atoms with Crippen LogP contribution in [0.3, 0.4) is 0 Å². The van der Waals surface area contributed by atoms with Gasteiger partial charge in [0.25, 0.3) is 0 Å². The molecule has 38 heavy (non-hydrogen) atoms. The summed E-state index contributed by atoms with van der Waals surface area (Å²) in [6, 6.07) is 43.8. The van der Waals surface area contributed by atoms with E-state index in [2.05, 4.69) is 146 Å². The Morgan fingerprint density at radius 3 is 1.24 bits per heavy atom. The van der Waals surface area contributed by atoms with Crippen LogP contribution >= 0.6 is 0 Å². The molecule has 0 atom stereocenters. The molecule has 2 heteroatoms. The number of anilines is 2. The molecule has 0 heterocycles. The van der Waals surface area contributed by atoms with Gasteiger partial charge in [0.05, 0.1) is 0 Å². The molecule has 0 saturated carbocycles. The average molecular weight is 493 g/mol. The molecule has 0 bridgehead atoms. The molecule has 0 unspecified atom stereocenters. The highest BCUT2D eigenvalue weighted by molar-refractivity contribution is 6.13. The van der Waals surface area contributed by atoms with Crippen LogP contribution in [0.5, 0.6) is 0 Å². The van der Waals surface area contributed by atoms with E-state index in [4.69, 9.17) is 0 Å². The van der Waals surface area contributed by atoms with Crippen molar-refractivity contribution in [2.24, 2.45) is 0 Å². The van der Waals surface area contributed by atoms with Crippen molar-refractivity contribution in [3.05, 3.63) is 144 Å². The van der Waals surface area contributed by atoms with Crippen LogP contribution in [0, 0.1) is 13.8 Å². The van der Waals surface area contributed by atoms with Crippen LogP contribution in [-0.4, -0.2) is 0 Å². The third-order valence-corrected chi connectivity index (χ3v) is 7.32. The summed E-state index contributed by atoms with van der Waals surface area (Å²) in [7, 11) is 0. The molecule has 6 aromatic carbocycles. The van der Waals surface area contributed by atoms with Gasteiger partial charge in [-0.1, -0.05) is 120 Å². The zero-order chi connectivity index (χ0) is 25.9. The number of aryl methyl sites for hydroxylation is 2. The Balaban J connectivity index is 1.50. The highest BCUT2D eigenvalue weighted by Gasteiger charge is 2.17. The van der Waals surface area contributed by atoms with Gasteiger partial charge in [0.1, 0.15) is 0 Å². The van der Waals surface area contributed by atoms with Crippen molar-refractivity contribution in [3.8, 4) is 11.1 Å². The van der Waals surface area contributed by atoms with Gasteiger partial charge >= 0.3 is 0 Å². The summed E-state index contributed by atoms with van der Waals surface area (Å²) >= 11 is 0. The van der Waals surface area contributed by atoms with E-state index in [1.54, 1.807) is 0 Å². The smallest absolute Gasteiger partial charge is 0.0430 e. The van der Waals surface area contributed by atoms with Gasteiger partial charge < -0.3 is 10.6 Å². The molecule has 0 radical (unpaired) electrons. The van der Waals surface area contributed by atoms with Gasteiger partial charge in [0.15, 0.2) is 0 Å². The fourth-order valence-electron chi connectivity index (χ4n) is 5.18. The van der Waals surface area contributed by atoms with Crippen molar-refractivity contribution in [2.75, 3.05) is 10.6 Å². The number of fused-ring (bicyclic) bond motifs is 2. The minimum atomic E-state index is 0.766. The van der Waals surface area contributed by atoms with Crippen LogP contribution < -0.4 is 10.6 Å². The first-order valence-corrected chi connectivity index (χ1v) is 13.3. The van der Waals surface area contributed by atoms with Gasteiger partial charge in [0, 0.05) is 35.6 Å². The van der Waals surface area contributed by atoms with E-state index in [9.17, 15) is 0 Å². The fourth-order valence-corrected chi connectivity index (χ4v) is 5.18. The molecule has 0 fully saturated rings. The molecule has 0 aliphatic rings. The minimum absolute atomic E-state index is 0.766. The molecular formula is C36H32N2. The Labute approximate surface area is 225 Å². The van der Waals surface area contributed by atoms with Crippen molar-refractivity contribution in [3.63, 3.8) is 0 Å². The fraction of sp³-hybridized carbons (Fsp3) is 0.111. The van der Waals surface area contributed by atoms with Crippen LogP contribution in [0.2, 0.25) is 0 Å². The van der Waals surface area contributed by atoms with Gasteiger partial charge in [-0.2, -0.15) is 0 Å². The standard InChI is InChI=1S/C36H32N2/c1-25-11-15-27(16-12-25)23-37-33-21-19-29-7-3-5-9-31(29)35(33)36-32-10-6-4-8-30(32)20-22-34(36)38-24-28-17-13-26(2)14-18-28/h3-22,37-38H,23-24H2,1-2H3. The predicted molar refractivity (Wildman–Crippen MR) is 164 cm³/mol. The summed E-state index contributed by atoms with van der Waals surface area (Å²) in [4.78, 5) is 0. The third-order valence-electron chi connectivity index (χ3n) is 7.32. The Morgan fingerprint density at radius 2 is 0.816 bits per heavy atom. The van der Waals surface area contributed by atoms with E-state index < -0.39 is 0 Å². The molecule has 0 saturated heterocycles. The third kappa shape index (κ3) is 4.86. The molecule has 0 aliphatic carbocycles. The lowest BCUT2D eigenvalue weighted by molar-refractivity contribution is 1.14. The molecular weight excluding hydrogens is 460 g/mol. The van der Waals surface area contributed by atoms with Gasteiger partial charge in [0.2, 0.25) is 0 Å². The maximum absolute atomic E-state index is 3.78. The second kappa shape index (κ2) is 10.4. The van der Waals surface area contributed by atoms with E-state index in [1.165, 1.54) is 54.9 Å². The lowest BCUT2D eigenvalue weighted by Gasteiger charge is -2.21. The van der Waals surface area contributed by atoms with Crippen molar-refractivity contribution < 1.29 is 0 Å². The molecule has 6 rings (SSSR count). The normalized spacial score (nSPS) is 11.1. The Hall–Kier alpha value is -4.56. The number of rotatable bonds is 7. The van der Waals surface area contributed by atoms with E-state index in [0.29, 0.717) is 0 Å². The van der Waals surface area contributed by atoms with Gasteiger partial charge in [-0.3, -0.25) is 0 Å². The first kappa shape index (κ1) is 23.8. The quantitative estimate of drug-likeness (QED) is 0.232. The molecule has 6 aromatic rings. The summed E-state index contributed by atoms with van der Waals surface area (Å²) < 4.78 is 0. The topological polar surface area (TPSA) is 24.1 Å². The zero-order valence-electron chi connectivity index (χ0n) is 22.0. The van der Waals surface area contributed by atoms with Crippen molar-refractivity contribution >= 4 is 32.9 Å². The first-order chi connectivity index (χ1) is 18.7. The van der Waals surface area contributed by atoms with Crippen LogP contribution in [0.4, 0.5) is 11.4 Å². The van der Waals surface area contributed by atoms with Crippen LogP contribution in [0.25, 0.3) is 32.7 Å². The number of benzene rings is 6. The van der Waals surface area contributed by atoms with Gasteiger partial charge in [-0.25, -0.2) is 0 Å². The van der Waals surface area contributed by atoms with Crippen LogP contribution in [0.15, 0.2) is 121 Å². The van der Waals surface area contributed by atoms with Crippen molar-refractivity contribution in [1.82, 2.24) is 0 Å². The van der Waals surface area contributed by atoms with E-state index in [-0.39, 0.29) is 0 Å². The Morgan fingerprint density at radius 1 is 0.421 bits per heavy atom. The number of hydrogen-bond acceptors (Lipinski definition) is 2. The van der Waals surface area contributed by atoms with E-state index in [0.717, 1.165) is 24.5 Å². The van der Waals surface area contributed by atoms with Crippen LogP contribution in [0.1, 0.15) is 22.3 Å². The summed E-state index contributed by atoms with van der Waals surface area (Å²) in [5.41, 5.74) is 9.84. The Bertz CT molecular complexity index is 1580. The van der Waals surface area contributed by atoms with E-state index >= 15 is 0 Å². The van der Waals surface area contributed by atoms with Crippen molar-refractivity contribution in [2.45, 2.75) is 26.9 Å². The first-order valence-electron chi connectivity index (χ1n) is 13.3.